The minimum Gasteiger partial charge on any atom is -0.247 e. The van der Waals surface area contributed by atoms with E-state index in [-0.39, 0.29) is 0 Å². The van der Waals surface area contributed by atoms with E-state index in [9.17, 15) is 0 Å². The molecule has 0 radical (unpaired) electrons. The van der Waals surface area contributed by atoms with Gasteiger partial charge in [-0.3, -0.25) is 0 Å². The predicted octanol–water partition coefficient (Wildman–Crippen LogP) is 15.4. The molecular formula is C63H37N. The summed E-state index contributed by atoms with van der Waals surface area (Å²) in [7, 11) is 0. The third-order valence-electron chi connectivity index (χ3n) is 15.3. The molecule has 0 bridgehead atoms. The molecule has 1 heterocycles. The van der Waals surface area contributed by atoms with Crippen molar-refractivity contribution >= 4 is 21.7 Å². The molecular weight excluding hydrogens is 771 g/mol. The van der Waals surface area contributed by atoms with Crippen molar-refractivity contribution in [3.8, 4) is 66.9 Å². The van der Waals surface area contributed by atoms with Crippen LogP contribution in [0.2, 0.25) is 0 Å². The largest absolute Gasteiger partial charge is 0.247 e. The van der Waals surface area contributed by atoms with E-state index in [0.29, 0.717) is 0 Å². The number of hydrogen-bond acceptors (Lipinski definition) is 1. The minimum atomic E-state index is -0.417. The Kier molecular flexibility index (Phi) is 6.61. The quantitative estimate of drug-likeness (QED) is 0.159. The number of pyridine rings is 1. The van der Waals surface area contributed by atoms with Crippen molar-refractivity contribution in [1.82, 2.24) is 4.98 Å². The van der Waals surface area contributed by atoms with Crippen molar-refractivity contribution in [2.75, 3.05) is 0 Å². The van der Waals surface area contributed by atoms with E-state index in [2.05, 4.69) is 224 Å². The fourth-order valence-corrected chi connectivity index (χ4v) is 13.1. The molecule has 1 nitrogen and oxygen atoms in total. The molecule has 64 heavy (non-hydrogen) atoms. The van der Waals surface area contributed by atoms with Crippen LogP contribution in [-0.2, 0) is 10.8 Å². The summed E-state index contributed by atoms with van der Waals surface area (Å²) >= 11 is 0. The molecule has 2 spiro atoms. The highest BCUT2D eigenvalue weighted by Gasteiger charge is 2.53. The highest BCUT2D eigenvalue weighted by Crippen LogP contribution is 2.66. The Balaban J connectivity index is 0.983. The van der Waals surface area contributed by atoms with Crippen LogP contribution in [0.25, 0.3) is 88.6 Å². The number of aromatic nitrogens is 1. The second-order valence-corrected chi connectivity index (χ2v) is 18.0. The van der Waals surface area contributed by atoms with Gasteiger partial charge in [-0.1, -0.05) is 212 Å². The monoisotopic (exact) mass is 807 g/mol. The van der Waals surface area contributed by atoms with Gasteiger partial charge in [0, 0.05) is 21.7 Å². The summed E-state index contributed by atoms with van der Waals surface area (Å²) in [6.07, 6.45) is 0. The third kappa shape index (κ3) is 4.01. The molecule has 1 aromatic heterocycles. The molecule has 0 saturated heterocycles. The zero-order valence-electron chi connectivity index (χ0n) is 34.8. The Morgan fingerprint density at radius 3 is 1.25 bits per heavy atom. The average molecular weight is 808 g/mol. The number of para-hydroxylation sites is 1. The Bertz CT molecular complexity index is 3780. The van der Waals surface area contributed by atoms with Crippen LogP contribution < -0.4 is 0 Å². The van der Waals surface area contributed by atoms with Gasteiger partial charge in [-0.05, 0) is 112 Å². The smallest absolute Gasteiger partial charge is 0.0788 e. The van der Waals surface area contributed by atoms with Crippen LogP contribution in [0, 0.1) is 0 Å². The van der Waals surface area contributed by atoms with E-state index in [4.69, 9.17) is 4.98 Å². The first kappa shape index (κ1) is 34.5. The molecule has 0 unspecified atom stereocenters. The Hall–Kier alpha value is -8.13. The summed E-state index contributed by atoms with van der Waals surface area (Å²) in [6, 6.07) is 84.2. The lowest BCUT2D eigenvalue weighted by molar-refractivity contribution is 0.794. The molecule has 294 valence electrons. The van der Waals surface area contributed by atoms with Crippen molar-refractivity contribution in [1.29, 1.82) is 0 Å². The van der Waals surface area contributed by atoms with Crippen LogP contribution >= 0.6 is 0 Å². The lowest BCUT2D eigenvalue weighted by Gasteiger charge is -2.30. The summed E-state index contributed by atoms with van der Waals surface area (Å²) < 4.78 is 0. The van der Waals surface area contributed by atoms with Crippen LogP contribution in [0.5, 0.6) is 0 Å². The minimum absolute atomic E-state index is 0.392. The summed E-state index contributed by atoms with van der Waals surface area (Å²) in [5.74, 6) is 0. The average Bonchev–Trinajstić information content (AvgIpc) is 4.05. The van der Waals surface area contributed by atoms with Crippen LogP contribution in [0.15, 0.2) is 224 Å². The van der Waals surface area contributed by atoms with Crippen molar-refractivity contribution in [2.45, 2.75) is 10.8 Å². The zero-order chi connectivity index (χ0) is 41.7. The molecule has 0 aliphatic heterocycles. The summed E-state index contributed by atoms with van der Waals surface area (Å²) in [4.78, 5) is 5.57. The first-order chi connectivity index (χ1) is 31.8. The van der Waals surface area contributed by atoms with Gasteiger partial charge in [0.15, 0.2) is 0 Å². The number of rotatable bonds is 2. The van der Waals surface area contributed by atoms with Crippen molar-refractivity contribution < 1.29 is 0 Å². The first-order valence-electron chi connectivity index (χ1n) is 22.5. The molecule has 10 aromatic carbocycles. The molecule has 4 aliphatic carbocycles. The highest BCUT2D eigenvalue weighted by molar-refractivity contribution is 6.20. The number of hydrogen-bond donors (Lipinski definition) is 0. The number of benzene rings is 10. The van der Waals surface area contributed by atoms with E-state index >= 15 is 0 Å². The maximum absolute atomic E-state index is 5.57. The van der Waals surface area contributed by atoms with Gasteiger partial charge in [-0.2, -0.15) is 0 Å². The summed E-state index contributed by atoms with van der Waals surface area (Å²) in [5, 5.41) is 3.62. The van der Waals surface area contributed by atoms with E-state index in [1.807, 2.05) is 0 Å². The maximum atomic E-state index is 5.57. The number of fused-ring (bicyclic) bond motifs is 24. The van der Waals surface area contributed by atoms with E-state index in [1.165, 1.54) is 116 Å². The van der Waals surface area contributed by atoms with Gasteiger partial charge in [0.2, 0.25) is 0 Å². The Morgan fingerprint density at radius 1 is 0.266 bits per heavy atom. The predicted molar refractivity (Wildman–Crippen MR) is 263 cm³/mol. The molecule has 0 amide bonds. The Labute approximate surface area is 371 Å². The summed E-state index contributed by atoms with van der Waals surface area (Å²) in [6.45, 7) is 0. The van der Waals surface area contributed by atoms with Crippen molar-refractivity contribution in [3.63, 3.8) is 0 Å². The van der Waals surface area contributed by atoms with E-state index in [0.717, 1.165) is 16.8 Å². The van der Waals surface area contributed by atoms with E-state index < -0.39 is 10.8 Å². The maximum Gasteiger partial charge on any atom is 0.0788 e. The molecule has 4 aliphatic rings. The zero-order valence-corrected chi connectivity index (χ0v) is 34.8. The fourth-order valence-electron chi connectivity index (χ4n) is 13.1. The van der Waals surface area contributed by atoms with Crippen LogP contribution in [0.4, 0.5) is 0 Å². The summed E-state index contributed by atoms with van der Waals surface area (Å²) in [5.41, 5.74) is 26.1. The topological polar surface area (TPSA) is 12.9 Å². The van der Waals surface area contributed by atoms with Crippen LogP contribution in [-0.4, -0.2) is 4.98 Å². The normalized spacial score (nSPS) is 14.5. The van der Waals surface area contributed by atoms with Crippen LogP contribution in [0.3, 0.4) is 0 Å². The van der Waals surface area contributed by atoms with Gasteiger partial charge >= 0.3 is 0 Å². The molecule has 0 atom stereocenters. The highest BCUT2D eigenvalue weighted by atomic mass is 14.7. The van der Waals surface area contributed by atoms with Crippen molar-refractivity contribution in [2.24, 2.45) is 0 Å². The molecule has 1 heteroatoms. The standard InChI is InChI=1S/C63H37N/c1-8-27-49-41(19-1)42-20-2-9-28-50(42)62(49)53-31-12-5-23-45(53)58-40(26-16-33-55(58)62)38-17-15-18-39(37-38)61-48-35-36-56-60(59(48)47-25-7-14-34-57(47)64-61)46-24-6-13-32-54(46)63(56)51-29-10-3-21-43(51)44-22-4-11-30-52(44)63/h1-37H. The Morgan fingerprint density at radius 2 is 0.672 bits per heavy atom. The lowest BCUT2D eigenvalue weighted by atomic mass is 9.70. The lowest BCUT2D eigenvalue weighted by Crippen LogP contribution is -2.25. The van der Waals surface area contributed by atoms with Gasteiger partial charge in [-0.15, -0.1) is 0 Å². The van der Waals surface area contributed by atoms with Crippen LogP contribution in [0.1, 0.15) is 44.5 Å². The van der Waals surface area contributed by atoms with Gasteiger partial charge in [-0.25, -0.2) is 4.98 Å². The SMILES string of the molecule is c1cc(-c2cccc3c2-c2ccccc2C32c3ccccc3-c3ccccc32)cc(-c2nc3ccccc3c3c4c(ccc23)C2(c3ccccc3-c3ccccc32)c2ccccc2-4)c1. The van der Waals surface area contributed by atoms with Gasteiger partial charge in [0.1, 0.15) is 0 Å². The molecule has 11 aromatic rings. The molecule has 0 fully saturated rings. The van der Waals surface area contributed by atoms with Gasteiger partial charge in [0.25, 0.3) is 0 Å². The van der Waals surface area contributed by atoms with Gasteiger partial charge < -0.3 is 0 Å². The molecule has 0 N–H and O–H groups in total. The van der Waals surface area contributed by atoms with Gasteiger partial charge in [0.05, 0.1) is 22.0 Å². The van der Waals surface area contributed by atoms with E-state index in [1.54, 1.807) is 0 Å². The second kappa shape index (κ2) is 12.3. The fraction of sp³-hybridized carbons (Fsp3) is 0.0317. The first-order valence-corrected chi connectivity index (χ1v) is 22.5. The number of nitrogens with zero attached hydrogens (tertiary/aromatic N) is 1. The third-order valence-corrected chi connectivity index (χ3v) is 15.3. The second-order valence-electron chi connectivity index (χ2n) is 18.0. The molecule has 15 rings (SSSR count). The van der Waals surface area contributed by atoms with Crippen molar-refractivity contribution in [3.05, 3.63) is 269 Å². The molecule has 0 saturated carbocycles.